The fourth-order valence-electron chi connectivity index (χ4n) is 3.64. The summed E-state index contributed by atoms with van der Waals surface area (Å²) in [7, 11) is 0. The van der Waals surface area contributed by atoms with Gasteiger partial charge in [-0.05, 0) is 25.2 Å². The van der Waals surface area contributed by atoms with Crippen LogP contribution in [-0.4, -0.2) is 44.9 Å². The molecule has 1 saturated carbocycles. The third-order valence-electron chi connectivity index (χ3n) is 5.12. The van der Waals surface area contributed by atoms with Crippen LogP contribution < -0.4 is 0 Å². The van der Waals surface area contributed by atoms with Gasteiger partial charge in [0.05, 0.1) is 12.2 Å². The van der Waals surface area contributed by atoms with Gasteiger partial charge in [0.1, 0.15) is 6.10 Å². The molecule has 0 aromatic heterocycles. The maximum absolute atomic E-state index is 10.5. The summed E-state index contributed by atoms with van der Waals surface area (Å²) in [4.78, 5) is 15.0. The van der Waals surface area contributed by atoms with Crippen molar-refractivity contribution in [2.45, 2.75) is 89.4 Å². The van der Waals surface area contributed by atoms with Crippen molar-refractivity contribution in [3.63, 3.8) is 0 Å². The Morgan fingerprint density at radius 1 is 1.16 bits per heavy atom. The van der Waals surface area contributed by atoms with Crippen LogP contribution in [0.15, 0.2) is 12.2 Å². The van der Waals surface area contributed by atoms with Crippen LogP contribution in [0.5, 0.6) is 0 Å². The molecule has 0 aromatic rings. The standard InChI is InChI=1S/C19H34O6/c1-2-3-5-8-14(25-24)11-12-16-15(17(20)13-18(16)21)9-6-4-7-10-19(22)23/h11-12,14-18,20-21,24H,2-10,13H2,1H3,(H,22,23)/t14?,15-,16-,17+,18-/m0/s1. The van der Waals surface area contributed by atoms with Crippen LogP contribution in [-0.2, 0) is 9.68 Å². The average molecular weight is 358 g/mol. The van der Waals surface area contributed by atoms with E-state index < -0.39 is 18.2 Å². The molecule has 146 valence electrons. The van der Waals surface area contributed by atoms with Crippen molar-refractivity contribution in [2.75, 3.05) is 0 Å². The lowest BCUT2D eigenvalue weighted by atomic mass is 9.88. The molecule has 1 fully saturated rings. The normalized spacial score (nSPS) is 27.8. The van der Waals surface area contributed by atoms with Crippen molar-refractivity contribution in [3.8, 4) is 0 Å². The molecule has 0 bridgehead atoms. The monoisotopic (exact) mass is 358 g/mol. The summed E-state index contributed by atoms with van der Waals surface area (Å²) in [6.07, 6.45) is 9.58. The Bertz CT molecular complexity index is 397. The molecular weight excluding hydrogens is 324 g/mol. The van der Waals surface area contributed by atoms with E-state index in [1.54, 1.807) is 6.08 Å². The fourth-order valence-corrected chi connectivity index (χ4v) is 3.64. The Hall–Kier alpha value is -0.950. The maximum atomic E-state index is 10.5. The van der Waals surface area contributed by atoms with E-state index in [1.165, 1.54) is 0 Å². The Balaban J connectivity index is 2.49. The van der Waals surface area contributed by atoms with Gasteiger partial charge in [0, 0.05) is 18.8 Å². The van der Waals surface area contributed by atoms with Gasteiger partial charge in [-0.1, -0.05) is 51.2 Å². The van der Waals surface area contributed by atoms with E-state index in [4.69, 9.17) is 10.4 Å². The summed E-state index contributed by atoms with van der Waals surface area (Å²) in [6, 6.07) is 0. The van der Waals surface area contributed by atoms with Crippen LogP contribution in [0.3, 0.4) is 0 Å². The molecule has 1 rings (SSSR count). The van der Waals surface area contributed by atoms with Crippen molar-refractivity contribution in [1.82, 2.24) is 0 Å². The quantitative estimate of drug-likeness (QED) is 0.174. The minimum absolute atomic E-state index is 0.0361. The van der Waals surface area contributed by atoms with E-state index in [0.29, 0.717) is 12.8 Å². The zero-order valence-electron chi connectivity index (χ0n) is 15.2. The molecule has 0 saturated heterocycles. The summed E-state index contributed by atoms with van der Waals surface area (Å²) in [5.74, 6) is -0.973. The SMILES string of the molecule is CCCCCC(C=C[C@H]1[C@H](CCCCCC(=O)O)[C@H](O)C[C@@H]1O)OO. The van der Waals surface area contributed by atoms with Gasteiger partial charge in [0.25, 0.3) is 0 Å². The van der Waals surface area contributed by atoms with Gasteiger partial charge in [0.15, 0.2) is 0 Å². The lowest BCUT2D eigenvalue weighted by molar-refractivity contribution is -0.267. The second-order valence-corrected chi connectivity index (χ2v) is 7.13. The van der Waals surface area contributed by atoms with Gasteiger partial charge in [-0.3, -0.25) is 10.1 Å². The lowest BCUT2D eigenvalue weighted by Crippen LogP contribution is -2.21. The first-order chi connectivity index (χ1) is 12.0. The van der Waals surface area contributed by atoms with Crippen LogP contribution >= 0.6 is 0 Å². The van der Waals surface area contributed by atoms with Crippen molar-refractivity contribution in [2.24, 2.45) is 11.8 Å². The predicted octanol–water partition coefficient (Wildman–Crippen LogP) is 3.37. The molecule has 6 nitrogen and oxygen atoms in total. The van der Waals surface area contributed by atoms with Crippen LogP contribution in [0.2, 0.25) is 0 Å². The van der Waals surface area contributed by atoms with Gasteiger partial charge in [0.2, 0.25) is 0 Å². The minimum atomic E-state index is -0.782. The Morgan fingerprint density at radius 3 is 2.56 bits per heavy atom. The summed E-state index contributed by atoms with van der Waals surface area (Å²) >= 11 is 0. The zero-order chi connectivity index (χ0) is 18.7. The number of hydrogen-bond acceptors (Lipinski definition) is 5. The second kappa shape index (κ2) is 12.4. The number of unbranched alkanes of at least 4 members (excludes halogenated alkanes) is 4. The highest BCUT2D eigenvalue weighted by Crippen LogP contribution is 2.37. The molecule has 1 aliphatic carbocycles. The highest BCUT2D eigenvalue weighted by Gasteiger charge is 2.39. The van der Waals surface area contributed by atoms with Crippen LogP contribution in [0.1, 0.15) is 71.1 Å². The first-order valence-electron chi connectivity index (χ1n) is 9.56. The van der Waals surface area contributed by atoms with Gasteiger partial charge in [-0.2, -0.15) is 0 Å². The van der Waals surface area contributed by atoms with E-state index in [-0.39, 0.29) is 24.4 Å². The molecule has 0 amide bonds. The number of aliphatic hydroxyl groups is 2. The van der Waals surface area contributed by atoms with Gasteiger partial charge in [-0.25, -0.2) is 4.89 Å². The summed E-state index contributed by atoms with van der Waals surface area (Å²) in [5, 5.41) is 38.1. The number of carboxylic acid groups (broad SMARTS) is 1. The fraction of sp³-hybridized carbons (Fsp3) is 0.842. The highest BCUT2D eigenvalue weighted by molar-refractivity contribution is 5.66. The number of rotatable bonds is 13. The second-order valence-electron chi connectivity index (χ2n) is 7.13. The van der Waals surface area contributed by atoms with E-state index in [1.807, 2.05) is 6.08 Å². The van der Waals surface area contributed by atoms with Crippen LogP contribution in [0, 0.1) is 11.8 Å². The van der Waals surface area contributed by atoms with E-state index >= 15 is 0 Å². The highest BCUT2D eigenvalue weighted by atomic mass is 17.1. The molecule has 0 radical (unpaired) electrons. The van der Waals surface area contributed by atoms with Crippen molar-refractivity contribution >= 4 is 5.97 Å². The average Bonchev–Trinajstić information content (AvgIpc) is 2.83. The first kappa shape index (κ1) is 22.1. The number of carboxylic acids is 1. The first-order valence-corrected chi connectivity index (χ1v) is 9.56. The largest absolute Gasteiger partial charge is 0.481 e. The molecule has 0 aromatic carbocycles. The zero-order valence-corrected chi connectivity index (χ0v) is 15.2. The Morgan fingerprint density at radius 2 is 1.92 bits per heavy atom. The van der Waals surface area contributed by atoms with Crippen molar-refractivity contribution < 1.29 is 30.3 Å². The Kier molecular flexibility index (Phi) is 11.0. The predicted molar refractivity (Wildman–Crippen MR) is 95.1 cm³/mol. The van der Waals surface area contributed by atoms with Crippen LogP contribution in [0.4, 0.5) is 0 Å². The molecule has 1 unspecified atom stereocenters. The summed E-state index contributed by atoms with van der Waals surface area (Å²) in [5.41, 5.74) is 0. The molecule has 6 heteroatoms. The number of carbonyl (C=O) groups is 1. The van der Waals surface area contributed by atoms with Gasteiger partial charge >= 0.3 is 5.97 Å². The molecule has 25 heavy (non-hydrogen) atoms. The molecule has 0 aliphatic heterocycles. The van der Waals surface area contributed by atoms with Gasteiger partial charge < -0.3 is 15.3 Å². The van der Waals surface area contributed by atoms with Crippen molar-refractivity contribution in [3.05, 3.63) is 12.2 Å². The summed E-state index contributed by atoms with van der Waals surface area (Å²) < 4.78 is 0. The molecular formula is C19H34O6. The maximum Gasteiger partial charge on any atom is 0.303 e. The molecule has 0 heterocycles. The smallest absolute Gasteiger partial charge is 0.303 e. The molecule has 0 spiro atoms. The van der Waals surface area contributed by atoms with E-state index in [9.17, 15) is 15.0 Å². The lowest BCUT2D eigenvalue weighted by Gasteiger charge is -2.21. The minimum Gasteiger partial charge on any atom is -0.481 e. The van der Waals surface area contributed by atoms with Crippen LogP contribution in [0.25, 0.3) is 0 Å². The Labute approximate surface area is 150 Å². The van der Waals surface area contributed by atoms with E-state index in [0.717, 1.165) is 44.9 Å². The summed E-state index contributed by atoms with van der Waals surface area (Å²) in [6.45, 7) is 2.11. The topological polar surface area (TPSA) is 107 Å². The molecule has 5 atom stereocenters. The van der Waals surface area contributed by atoms with E-state index in [2.05, 4.69) is 11.8 Å². The van der Waals surface area contributed by atoms with Gasteiger partial charge in [-0.15, -0.1) is 0 Å². The third-order valence-corrected chi connectivity index (χ3v) is 5.12. The van der Waals surface area contributed by atoms with Crippen molar-refractivity contribution in [1.29, 1.82) is 0 Å². The molecule has 1 aliphatic rings. The number of hydrogen-bond donors (Lipinski definition) is 4. The number of aliphatic carboxylic acids is 1. The molecule has 4 N–H and O–H groups in total. The third kappa shape index (κ3) is 8.31. The number of aliphatic hydroxyl groups excluding tert-OH is 2.